The number of hydrogen-bond donors (Lipinski definition) is 2. The van der Waals surface area contributed by atoms with Crippen LogP contribution in [-0.2, 0) is 30.2 Å². The molecule has 0 spiro atoms. The summed E-state index contributed by atoms with van der Waals surface area (Å²) in [5.41, 5.74) is 0.216. The Bertz CT molecular complexity index is 815. The lowest BCUT2D eigenvalue weighted by atomic mass is 9.98. The number of nitrogens with one attached hydrogen (secondary N) is 2. The van der Waals surface area contributed by atoms with Crippen LogP contribution in [0.4, 0.5) is 4.79 Å². The fourth-order valence-electron chi connectivity index (χ4n) is 3.93. The molecule has 4 atom stereocenters. The maximum Gasteiger partial charge on any atom is 0.407 e. The van der Waals surface area contributed by atoms with Crippen LogP contribution in [0, 0.1) is 5.92 Å². The smallest absolute Gasteiger partial charge is 0.407 e. The molecule has 1 aliphatic heterocycles. The van der Waals surface area contributed by atoms with Gasteiger partial charge >= 0.3 is 6.09 Å². The number of rotatable bonds is 11. The molecular weight excluding hydrogens is 448 g/mol. The van der Waals surface area contributed by atoms with E-state index in [-0.39, 0.29) is 11.7 Å². The van der Waals surface area contributed by atoms with Crippen LogP contribution in [0.5, 0.6) is 0 Å². The Morgan fingerprint density at radius 1 is 1.09 bits per heavy atom. The standard InChI is InChI=1S/C27H42N2O6/c1-18(2)16-21(19(3)30)28-25(31)24(34-23-14-10-11-15-33-23)22(17-20-12-8-7-9-13-20)29-26(32)35-27(4,5)6/h7-9,12-13,18,21-24H,10-11,14-17H2,1-6H3,(H,28,31)(H,29,32)/t21-,22+,23?,24-/m0/s1. The summed E-state index contributed by atoms with van der Waals surface area (Å²) < 4.78 is 17.4. The summed E-state index contributed by atoms with van der Waals surface area (Å²) >= 11 is 0. The minimum absolute atomic E-state index is 0.126. The van der Waals surface area contributed by atoms with Crippen molar-refractivity contribution in [1.29, 1.82) is 0 Å². The highest BCUT2D eigenvalue weighted by Gasteiger charge is 2.36. The molecule has 1 unspecified atom stereocenters. The van der Waals surface area contributed by atoms with Gasteiger partial charge in [-0.3, -0.25) is 9.59 Å². The minimum atomic E-state index is -1.08. The van der Waals surface area contributed by atoms with Crippen LogP contribution in [-0.4, -0.2) is 54.5 Å². The number of carbonyl (C=O) groups excluding carboxylic acids is 3. The SMILES string of the molecule is CC(=O)[C@H](CC(C)C)NC(=O)[C@@H](OC1CCCCO1)[C@@H](Cc1ccccc1)NC(=O)OC(C)(C)C. The van der Waals surface area contributed by atoms with Crippen LogP contribution in [0.3, 0.4) is 0 Å². The topological polar surface area (TPSA) is 103 Å². The molecule has 2 rings (SSSR count). The lowest BCUT2D eigenvalue weighted by molar-refractivity contribution is -0.197. The molecule has 0 bridgehead atoms. The maximum atomic E-state index is 13.6. The second kappa shape index (κ2) is 13.6. The maximum absolute atomic E-state index is 13.6. The molecule has 0 aliphatic carbocycles. The summed E-state index contributed by atoms with van der Waals surface area (Å²) in [6.45, 7) is 11.3. The first-order chi connectivity index (χ1) is 16.4. The van der Waals surface area contributed by atoms with Gasteiger partial charge in [0.1, 0.15) is 5.60 Å². The van der Waals surface area contributed by atoms with Crippen LogP contribution in [0.25, 0.3) is 0 Å². The zero-order valence-corrected chi connectivity index (χ0v) is 22.0. The largest absolute Gasteiger partial charge is 0.444 e. The van der Waals surface area contributed by atoms with Gasteiger partial charge in [-0.05, 0) is 71.3 Å². The molecule has 1 aromatic carbocycles. The summed E-state index contributed by atoms with van der Waals surface area (Å²) in [6.07, 6.45) is 1.05. The Morgan fingerprint density at radius 2 is 1.77 bits per heavy atom. The third kappa shape index (κ3) is 10.8. The van der Waals surface area contributed by atoms with E-state index in [1.165, 1.54) is 6.92 Å². The second-order valence-electron chi connectivity index (χ2n) is 10.6. The number of hydrogen-bond acceptors (Lipinski definition) is 6. The Kier molecular flexibility index (Phi) is 11.2. The lowest BCUT2D eigenvalue weighted by Gasteiger charge is -2.33. The van der Waals surface area contributed by atoms with Crippen molar-refractivity contribution in [3.8, 4) is 0 Å². The van der Waals surface area contributed by atoms with Gasteiger partial charge in [0.05, 0.1) is 12.1 Å². The van der Waals surface area contributed by atoms with Gasteiger partial charge in [0.15, 0.2) is 18.2 Å². The van der Waals surface area contributed by atoms with E-state index in [2.05, 4.69) is 10.6 Å². The van der Waals surface area contributed by atoms with Crippen molar-refractivity contribution in [3.05, 3.63) is 35.9 Å². The molecule has 1 aliphatic rings. The van der Waals surface area contributed by atoms with E-state index in [1.807, 2.05) is 44.2 Å². The summed E-state index contributed by atoms with van der Waals surface area (Å²) in [7, 11) is 0. The van der Waals surface area contributed by atoms with Crippen molar-refractivity contribution < 1.29 is 28.6 Å². The summed E-state index contributed by atoms with van der Waals surface area (Å²) in [4.78, 5) is 38.6. The number of amides is 2. The van der Waals surface area contributed by atoms with E-state index in [9.17, 15) is 14.4 Å². The van der Waals surface area contributed by atoms with Crippen molar-refractivity contribution in [2.45, 2.75) is 104 Å². The van der Waals surface area contributed by atoms with Gasteiger partial charge in [-0.1, -0.05) is 44.2 Å². The fraction of sp³-hybridized carbons (Fsp3) is 0.667. The molecule has 2 N–H and O–H groups in total. The first-order valence-corrected chi connectivity index (χ1v) is 12.6. The van der Waals surface area contributed by atoms with Gasteiger partial charge < -0.3 is 24.8 Å². The average molecular weight is 491 g/mol. The summed E-state index contributed by atoms with van der Waals surface area (Å²) in [5, 5.41) is 5.71. The van der Waals surface area contributed by atoms with Crippen LogP contribution in [0.1, 0.15) is 72.8 Å². The Balaban J connectivity index is 2.34. The predicted molar refractivity (Wildman–Crippen MR) is 134 cm³/mol. The van der Waals surface area contributed by atoms with Gasteiger partial charge in [-0.15, -0.1) is 0 Å². The number of benzene rings is 1. The normalized spacial score (nSPS) is 18.9. The van der Waals surface area contributed by atoms with Crippen molar-refractivity contribution in [2.24, 2.45) is 5.92 Å². The van der Waals surface area contributed by atoms with E-state index in [0.29, 0.717) is 25.9 Å². The van der Waals surface area contributed by atoms with Crippen LogP contribution in [0.2, 0.25) is 0 Å². The van der Waals surface area contributed by atoms with Gasteiger partial charge in [-0.2, -0.15) is 0 Å². The van der Waals surface area contributed by atoms with Crippen LogP contribution in [0.15, 0.2) is 30.3 Å². The Morgan fingerprint density at radius 3 is 2.31 bits per heavy atom. The average Bonchev–Trinajstić information content (AvgIpc) is 2.76. The van der Waals surface area contributed by atoms with Gasteiger partial charge in [0.25, 0.3) is 5.91 Å². The van der Waals surface area contributed by atoms with E-state index >= 15 is 0 Å². The summed E-state index contributed by atoms with van der Waals surface area (Å²) in [6, 6.07) is 8.16. The number of ether oxygens (including phenoxy) is 3. The van der Waals surface area contributed by atoms with E-state index in [1.54, 1.807) is 20.8 Å². The van der Waals surface area contributed by atoms with Gasteiger partial charge in [0, 0.05) is 6.61 Å². The molecule has 1 saturated heterocycles. The van der Waals surface area contributed by atoms with Gasteiger partial charge in [0.2, 0.25) is 0 Å². The molecule has 196 valence electrons. The van der Waals surface area contributed by atoms with Crippen molar-refractivity contribution >= 4 is 17.8 Å². The summed E-state index contributed by atoms with van der Waals surface area (Å²) in [5.74, 6) is -0.373. The first kappa shape index (κ1) is 28.8. The number of Topliss-reactive ketones (excluding diaryl/α,β-unsaturated/α-hetero) is 1. The fourth-order valence-corrected chi connectivity index (χ4v) is 3.93. The molecule has 8 heteroatoms. The highest BCUT2D eigenvalue weighted by molar-refractivity contribution is 5.90. The molecule has 1 fully saturated rings. The monoisotopic (exact) mass is 490 g/mol. The second-order valence-corrected chi connectivity index (χ2v) is 10.6. The predicted octanol–water partition coefficient (Wildman–Crippen LogP) is 4.15. The van der Waals surface area contributed by atoms with Gasteiger partial charge in [-0.25, -0.2) is 4.79 Å². The van der Waals surface area contributed by atoms with Crippen molar-refractivity contribution in [2.75, 3.05) is 6.61 Å². The molecular formula is C27H42N2O6. The first-order valence-electron chi connectivity index (χ1n) is 12.6. The highest BCUT2D eigenvalue weighted by atomic mass is 16.7. The third-order valence-electron chi connectivity index (χ3n) is 5.58. The van der Waals surface area contributed by atoms with E-state index in [0.717, 1.165) is 18.4 Å². The highest BCUT2D eigenvalue weighted by Crippen LogP contribution is 2.20. The van der Waals surface area contributed by atoms with Crippen molar-refractivity contribution in [3.63, 3.8) is 0 Å². The molecule has 1 aromatic rings. The number of carbonyl (C=O) groups is 3. The third-order valence-corrected chi connectivity index (χ3v) is 5.58. The van der Waals surface area contributed by atoms with Crippen LogP contribution < -0.4 is 10.6 Å². The lowest BCUT2D eigenvalue weighted by Crippen LogP contribution is -2.57. The Hall–Kier alpha value is -2.45. The Labute approximate surface area is 209 Å². The molecule has 0 radical (unpaired) electrons. The molecule has 8 nitrogen and oxygen atoms in total. The van der Waals surface area contributed by atoms with E-state index < -0.39 is 42.1 Å². The van der Waals surface area contributed by atoms with Crippen LogP contribution >= 0.6 is 0 Å². The molecule has 1 heterocycles. The molecule has 35 heavy (non-hydrogen) atoms. The number of alkyl carbamates (subject to hydrolysis) is 1. The molecule has 2 amide bonds. The number of ketones is 1. The van der Waals surface area contributed by atoms with E-state index in [4.69, 9.17) is 14.2 Å². The zero-order chi connectivity index (χ0) is 26.0. The minimum Gasteiger partial charge on any atom is -0.444 e. The zero-order valence-electron chi connectivity index (χ0n) is 22.0. The van der Waals surface area contributed by atoms with Crippen molar-refractivity contribution in [1.82, 2.24) is 10.6 Å². The molecule has 0 aromatic heterocycles. The molecule has 0 saturated carbocycles. The quantitative estimate of drug-likeness (QED) is 0.483.